The number of nitrogens with zero attached hydrogens (tertiary/aromatic N) is 2. The third-order valence-corrected chi connectivity index (χ3v) is 3.74. The zero-order chi connectivity index (χ0) is 11.8. The number of hydrogen-bond donors (Lipinski definition) is 1. The molecule has 0 radical (unpaired) electrons. The normalized spacial score (nSPS) is 22.1. The Hall–Kier alpha value is 0.270. The summed E-state index contributed by atoms with van der Waals surface area (Å²) >= 11 is 4.25. The molecular weight excluding hydrogens is 216 g/mol. The maximum absolute atomic E-state index is 4.25. The predicted octanol–water partition coefficient (Wildman–Crippen LogP) is 2.50. The molecular formula is C13H28N2S. The minimum Gasteiger partial charge on any atom is -0.308 e. The van der Waals surface area contributed by atoms with E-state index >= 15 is 0 Å². The SMILES string of the molecule is CN(C)CC1CCCN1CCCCCCS. The molecule has 0 aliphatic carbocycles. The molecule has 1 saturated heterocycles. The second-order valence-corrected chi connectivity index (χ2v) is 5.68. The molecule has 1 aliphatic heterocycles. The van der Waals surface area contributed by atoms with Crippen molar-refractivity contribution in [3.63, 3.8) is 0 Å². The summed E-state index contributed by atoms with van der Waals surface area (Å²) in [6.45, 7) is 3.87. The highest BCUT2D eigenvalue weighted by molar-refractivity contribution is 7.80. The Morgan fingerprint density at radius 3 is 2.62 bits per heavy atom. The van der Waals surface area contributed by atoms with Crippen LogP contribution in [0.5, 0.6) is 0 Å². The van der Waals surface area contributed by atoms with Crippen molar-refractivity contribution in [2.75, 3.05) is 39.5 Å². The molecule has 0 aromatic rings. The number of thiol groups is 1. The fraction of sp³-hybridized carbons (Fsp3) is 1.00. The molecule has 0 bridgehead atoms. The Bertz CT molecular complexity index is 173. The van der Waals surface area contributed by atoms with Crippen LogP contribution >= 0.6 is 12.6 Å². The lowest BCUT2D eigenvalue weighted by molar-refractivity contribution is 0.204. The van der Waals surface area contributed by atoms with Crippen LogP contribution in [0.3, 0.4) is 0 Å². The van der Waals surface area contributed by atoms with Crippen LogP contribution in [0.15, 0.2) is 0 Å². The third-order valence-electron chi connectivity index (χ3n) is 3.43. The maximum atomic E-state index is 4.25. The van der Waals surface area contributed by atoms with Gasteiger partial charge in [-0.05, 0) is 58.6 Å². The first-order chi connectivity index (χ1) is 7.74. The molecule has 0 aromatic carbocycles. The molecule has 1 rings (SSSR count). The average Bonchev–Trinajstić information content (AvgIpc) is 2.64. The van der Waals surface area contributed by atoms with E-state index in [0.717, 1.165) is 11.8 Å². The molecule has 1 unspecified atom stereocenters. The van der Waals surface area contributed by atoms with Gasteiger partial charge in [-0.1, -0.05) is 12.8 Å². The van der Waals surface area contributed by atoms with E-state index in [1.807, 2.05) is 0 Å². The molecule has 0 amide bonds. The standard InChI is InChI=1S/C13H28N2S/c1-14(2)12-13-8-7-10-15(13)9-5-3-4-6-11-16/h13,16H,3-12H2,1-2H3. The average molecular weight is 244 g/mol. The van der Waals surface area contributed by atoms with Crippen molar-refractivity contribution in [2.24, 2.45) is 0 Å². The van der Waals surface area contributed by atoms with Gasteiger partial charge in [-0.2, -0.15) is 12.6 Å². The molecule has 0 spiro atoms. The van der Waals surface area contributed by atoms with Crippen LogP contribution in [0.4, 0.5) is 0 Å². The number of rotatable bonds is 8. The van der Waals surface area contributed by atoms with E-state index in [1.54, 1.807) is 0 Å². The van der Waals surface area contributed by atoms with Crippen LogP contribution in [-0.4, -0.2) is 55.3 Å². The molecule has 1 heterocycles. The first kappa shape index (κ1) is 14.3. The number of unbranched alkanes of at least 4 members (excludes halogenated alkanes) is 3. The van der Waals surface area contributed by atoms with Gasteiger partial charge in [0.05, 0.1) is 0 Å². The van der Waals surface area contributed by atoms with Gasteiger partial charge in [-0.25, -0.2) is 0 Å². The number of likely N-dealkylation sites (N-methyl/N-ethyl adjacent to an activating group) is 1. The van der Waals surface area contributed by atoms with Crippen LogP contribution in [0.2, 0.25) is 0 Å². The van der Waals surface area contributed by atoms with Gasteiger partial charge in [0.1, 0.15) is 0 Å². The summed E-state index contributed by atoms with van der Waals surface area (Å²) in [5.74, 6) is 1.05. The zero-order valence-corrected chi connectivity index (χ0v) is 11.9. The van der Waals surface area contributed by atoms with E-state index in [2.05, 4.69) is 36.5 Å². The quantitative estimate of drug-likeness (QED) is 0.518. The van der Waals surface area contributed by atoms with E-state index in [-0.39, 0.29) is 0 Å². The second kappa shape index (κ2) is 8.37. The Morgan fingerprint density at radius 1 is 1.19 bits per heavy atom. The van der Waals surface area contributed by atoms with Crippen molar-refractivity contribution < 1.29 is 0 Å². The molecule has 0 aromatic heterocycles. The summed E-state index contributed by atoms with van der Waals surface area (Å²) < 4.78 is 0. The fourth-order valence-corrected chi connectivity index (χ4v) is 2.82. The van der Waals surface area contributed by atoms with Gasteiger partial charge in [0, 0.05) is 12.6 Å². The lowest BCUT2D eigenvalue weighted by atomic mass is 10.1. The zero-order valence-electron chi connectivity index (χ0n) is 11.0. The maximum Gasteiger partial charge on any atom is 0.0223 e. The van der Waals surface area contributed by atoms with Gasteiger partial charge in [-0.15, -0.1) is 0 Å². The van der Waals surface area contributed by atoms with Crippen LogP contribution in [0, 0.1) is 0 Å². The molecule has 16 heavy (non-hydrogen) atoms. The molecule has 96 valence electrons. The number of hydrogen-bond acceptors (Lipinski definition) is 3. The molecule has 1 aliphatic rings. The second-order valence-electron chi connectivity index (χ2n) is 5.23. The largest absolute Gasteiger partial charge is 0.308 e. The van der Waals surface area contributed by atoms with E-state index in [1.165, 1.54) is 58.2 Å². The Balaban J connectivity index is 2.10. The predicted molar refractivity (Wildman–Crippen MR) is 75.5 cm³/mol. The van der Waals surface area contributed by atoms with Gasteiger partial charge < -0.3 is 4.90 Å². The summed E-state index contributed by atoms with van der Waals surface area (Å²) in [7, 11) is 4.37. The van der Waals surface area contributed by atoms with Crippen molar-refractivity contribution >= 4 is 12.6 Å². The Morgan fingerprint density at radius 2 is 1.94 bits per heavy atom. The van der Waals surface area contributed by atoms with Crippen molar-refractivity contribution in [2.45, 2.75) is 44.6 Å². The van der Waals surface area contributed by atoms with Gasteiger partial charge in [-0.3, -0.25) is 4.90 Å². The fourth-order valence-electron chi connectivity index (χ4n) is 2.60. The van der Waals surface area contributed by atoms with Gasteiger partial charge >= 0.3 is 0 Å². The summed E-state index contributed by atoms with van der Waals surface area (Å²) in [5, 5.41) is 0. The van der Waals surface area contributed by atoms with E-state index in [9.17, 15) is 0 Å². The number of likely N-dealkylation sites (tertiary alicyclic amines) is 1. The summed E-state index contributed by atoms with van der Waals surface area (Å²) in [5.41, 5.74) is 0. The minimum absolute atomic E-state index is 0.819. The van der Waals surface area contributed by atoms with Gasteiger partial charge in [0.25, 0.3) is 0 Å². The van der Waals surface area contributed by atoms with Crippen molar-refractivity contribution in [3.05, 3.63) is 0 Å². The lowest BCUT2D eigenvalue weighted by Gasteiger charge is -2.26. The lowest BCUT2D eigenvalue weighted by Crippen LogP contribution is -2.38. The molecule has 2 nitrogen and oxygen atoms in total. The monoisotopic (exact) mass is 244 g/mol. The molecule has 0 saturated carbocycles. The third kappa shape index (κ3) is 5.55. The van der Waals surface area contributed by atoms with E-state index in [4.69, 9.17) is 0 Å². The van der Waals surface area contributed by atoms with Crippen molar-refractivity contribution in [1.29, 1.82) is 0 Å². The Labute approximate surface area is 107 Å². The minimum atomic E-state index is 0.819. The molecule has 1 fully saturated rings. The van der Waals surface area contributed by atoms with Crippen LogP contribution < -0.4 is 0 Å². The van der Waals surface area contributed by atoms with E-state index in [0.29, 0.717) is 0 Å². The molecule has 1 atom stereocenters. The first-order valence-electron chi connectivity index (χ1n) is 6.73. The summed E-state index contributed by atoms with van der Waals surface area (Å²) in [6, 6.07) is 0.819. The molecule has 0 N–H and O–H groups in total. The Kier molecular flexibility index (Phi) is 7.50. The van der Waals surface area contributed by atoms with Crippen LogP contribution in [0.1, 0.15) is 38.5 Å². The highest BCUT2D eigenvalue weighted by Crippen LogP contribution is 2.18. The summed E-state index contributed by atoms with van der Waals surface area (Å²) in [6.07, 6.45) is 8.19. The van der Waals surface area contributed by atoms with Crippen molar-refractivity contribution in [3.8, 4) is 0 Å². The molecule has 3 heteroatoms. The van der Waals surface area contributed by atoms with Crippen LogP contribution in [0.25, 0.3) is 0 Å². The van der Waals surface area contributed by atoms with Gasteiger partial charge in [0.2, 0.25) is 0 Å². The van der Waals surface area contributed by atoms with E-state index < -0.39 is 0 Å². The highest BCUT2D eigenvalue weighted by Gasteiger charge is 2.23. The van der Waals surface area contributed by atoms with Crippen molar-refractivity contribution in [1.82, 2.24) is 9.80 Å². The first-order valence-corrected chi connectivity index (χ1v) is 7.37. The highest BCUT2D eigenvalue weighted by atomic mass is 32.1. The summed E-state index contributed by atoms with van der Waals surface area (Å²) in [4.78, 5) is 5.02. The topological polar surface area (TPSA) is 6.48 Å². The van der Waals surface area contributed by atoms with Crippen LogP contribution in [-0.2, 0) is 0 Å². The van der Waals surface area contributed by atoms with Gasteiger partial charge in [0.15, 0.2) is 0 Å². The smallest absolute Gasteiger partial charge is 0.0223 e.